The first-order chi connectivity index (χ1) is 11.0. The number of hydrogen-bond acceptors (Lipinski definition) is 3. The van der Waals surface area contributed by atoms with Crippen LogP contribution in [0.1, 0.15) is 10.4 Å². The summed E-state index contributed by atoms with van der Waals surface area (Å²) >= 11 is 18.0. The summed E-state index contributed by atoms with van der Waals surface area (Å²) in [6, 6.07) is 9.80. The molecule has 2 aromatic rings. The summed E-state index contributed by atoms with van der Waals surface area (Å²) in [6.45, 7) is 0.616. The molecule has 0 saturated heterocycles. The molecule has 0 aromatic heterocycles. The van der Waals surface area contributed by atoms with E-state index in [1.54, 1.807) is 30.3 Å². The van der Waals surface area contributed by atoms with E-state index in [9.17, 15) is 4.79 Å². The summed E-state index contributed by atoms with van der Waals surface area (Å²) < 4.78 is 5.19. The molecule has 2 N–H and O–H groups in total. The summed E-state index contributed by atoms with van der Waals surface area (Å²) in [6.07, 6.45) is 0. The smallest absolute Gasteiger partial charge is 0.259 e. The van der Waals surface area contributed by atoms with E-state index < -0.39 is 0 Å². The zero-order valence-electron chi connectivity index (χ0n) is 12.4. The lowest BCUT2D eigenvalue weighted by Crippen LogP contribution is -2.35. The molecule has 2 rings (SSSR count). The maximum atomic E-state index is 12.8. The second-order valence-corrected chi connectivity index (χ2v) is 5.94. The average Bonchev–Trinajstić information content (AvgIpc) is 2.53. The second kappa shape index (κ2) is 7.88. The van der Waals surface area contributed by atoms with Crippen LogP contribution < -0.4 is 15.4 Å². The highest BCUT2D eigenvalue weighted by Gasteiger charge is 2.20. The molecule has 0 radical (unpaired) electrons. The fraction of sp³-hybridized carbons (Fsp3) is 0.188. The van der Waals surface area contributed by atoms with Gasteiger partial charge in [-0.15, -0.1) is 0 Å². The normalized spacial score (nSPS) is 10.5. The van der Waals surface area contributed by atoms with Crippen LogP contribution in [0.3, 0.4) is 0 Å². The van der Waals surface area contributed by atoms with E-state index >= 15 is 0 Å². The molecule has 0 bridgehead atoms. The van der Waals surface area contributed by atoms with Gasteiger partial charge in [0.1, 0.15) is 5.75 Å². The molecule has 0 aliphatic heterocycles. The highest BCUT2D eigenvalue weighted by atomic mass is 35.5. The lowest BCUT2D eigenvalue weighted by Gasteiger charge is -2.23. The maximum absolute atomic E-state index is 12.8. The minimum atomic E-state index is -0.276. The highest BCUT2D eigenvalue weighted by Crippen LogP contribution is 2.31. The number of hydrogen-bond donors (Lipinski definition) is 1. The number of carbonyl (C=O) groups excluding carboxylic acids is 1. The van der Waals surface area contributed by atoms with Crippen molar-refractivity contribution in [2.75, 3.05) is 25.1 Å². The lowest BCUT2D eigenvalue weighted by atomic mass is 10.1. The molecule has 0 fully saturated rings. The number of nitrogens with two attached hydrogens (primary N) is 1. The van der Waals surface area contributed by atoms with Crippen LogP contribution in [0.15, 0.2) is 36.4 Å². The maximum Gasteiger partial charge on any atom is 0.259 e. The van der Waals surface area contributed by atoms with Crippen molar-refractivity contribution in [2.45, 2.75) is 0 Å². The van der Waals surface area contributed by atoms with Crippen molar-refractivity contribution in [3.63, 3.8) is 0 Å². The monoisotopic (exact) mass is 372 g/mol. The molecule has 0 aliphatic carbocycles. The first-order valence-corrected chi connectivity index (χ1v) is 7.92. The van der Waals surface area contributed by atoms with Crippen molar-refractivity contribution in [1.29, 1.82) is 0 Å². The van der Waals surface area contributed by atoms with E-state index in [1.807, 2.05) is 0 Å². The van der Waals surface area contributed by atoms with Gasteiger partial charge in [-0.1, -0.05) is 34.8 Å². The van der Waals surface area contributed by atoms with Crippen molar-refractivity contribution in [1.82, 2.24) is 0 Å². The Morgan fingerprint density at radius 1 is 1.13 bits per heavy atom. The van der Waals surface area contributed by atoms with Crippen LogP contribution in [-0.4, -0.2) is 26.1 Å². The fourth-order valence-corrected chi connectivity index (χ4v) is 2.79. The molecule has 0 spiro atoms. The molecule has 122 valence electrons. The van der Waals surface area contributed by atoms with Crippen LogP contribution in [0, 0.1) is 0 Å². The first-order valence-electron chi connectivity index (χ1n) is 6.78. The SMILES string of the molecule is COc1cc(N(CCN)C(=O)c2ccc(Cl)cc2Cl)ccc1Cl. The first kappa shape index (κ1) is 17.9. The van der Waals surface area contributed by atoms with Gasteiger partial charge in [0.2, 0.25) is 0 Å². The Bertz CT molecular complexity index is 722. The zero-order valence-corrected chi connectivity index (χ0v) is 14.6. The average molecular weight is 374 g/mol. The summed E-state index contributed by atoms with van der Waals surface area (Å²) in [5.74, 6) is 0.197. The molecule has 4 nitrogen and oxygen atoms in total. The van der Waals surface area contributed by atoms with E-state index in [0.29, 0.717) is 40.1 Å². The van der Waals surface area contributed by atoms with E-state index in [2.05, 4.69) is 0 Å². The van der Waals surface area contributed by atoms with Crippen molar-refractivity contribution >= 4 is 46.4 Å². The molecular formula is C16H15Cl3N2O2. The molecule has 0 unspecified atom stereocenters. The Balaban J connectivity index is 2.43. The molecule has 2 aromatic carbocycles. The standard InChI is InChI=1S/C16H15Cl3N2O2/c1-23-15-9-11(3-5-13(15)18)21(7-6-20)16(22)12-4-2-10(17)8-14(12)19/h2-5,8-9H,6-7,20H2,1H3. The number of ether oxygens (including phenoxy) is 1. The molecule has 23 heavy (non-hydrogen) atoms. The molecule has 7 heteroatoms. The highest BCUT2D eigenvalue weighted by molar-refractivity contribution is 6.37. The van der Waals surface area contributed by atoms with E-state index in [0.717, 1.165) is 0 Å². The number of methoxy groups -OCH3 is 1. The third-order valence-corrected chi connectivity index (χ3v) is 4.07. The minimum absolute atomic E-state index is 0.276. The predicted molar refractivity (Wildman–Crippen MR) is 95.2 cm³/mol. The van der Waals surface area contributed by atoms with Gasteiger partial charge >= 0.3 is 0 Å². The van der Waals surface area contributed by atoms with Crippen LogP contribution in [0.25, 0.3) is 0 Å². The van der Waals surface area contributed by atoms with E-state index in [1.165, 1.54) is 18.1 Å². The minimum Gasteiger partial charge on any atom is -0.495 e. The van der Waals surface area contributed by atoms with Crippen molar-refractivity contribution in [3.8, 4) is 5.75 Å². The summed E-state index contributed by atoms with van der Waals surface area (Å²) in [5.41, 5.74) is 6.60. The molecule has 0 heterocycles. The predicted octanol–water partition coefficient (Wildman–Crippen LogP) is 4.26. The van der Waals surface area contributed by atoms with Gasteiger partial charge in [-0.05, 0) is 30.3 Å². The van der Waals surface area contributed by atoms with Gasteiger partial charge in [-0.25, -0.2) is 0 Å². The topological polar surface area (TPSA) is 55.6 Å². The molecular weight excluding hydrogens is 359 g/mol. The van der Waals surface area contributed by atoms with Crippen LogP contribution in [0.5, 0.6) is 5.75 Å². The third-order valence-electron chi connectivity index (χ3n) is 3.21. The van der Waals surface area contributed by atoms with Gasteiger partial charge in [0.05, 0.1) is 22.7 Å². The zero-order chi connectivity index (χ0) is 17.0. The fourth-order valence-electron chi connectivity index (χ4n) is 2.10. The third kappa shape index (κ3) is 4.09. The van der Waals surface area contributed by atoms with Gasteiger partial charge in [0.25, 0.3) is 5.91 Å². The van der Waals surface area contributed by atoms with Gasteiger partial charge < -0.3 is 15.4 Å². The summed E-state index contributed by atoms with van der Waals surface area (Å²) in [7, 11) is 1.51. The van der Waals surface area contributed by atoms with Gasteiger partial charge in [-0.2, -0.15) is 0 Å². The summed E-state index contributed by atoms with van der Waals surface area (Å²) in [5, 5.41) is 1.21. The van der Waals surface area contributed by atoms with Gasteiger partial charge in [0, 0.05) is 29.9 Å². The number of rotatable bonds is 5. The molecule has 0 saturated carbocycles. The van der Waals surface area contributed by atoms with Gasteiger partial charge in [0.15, 0.2) is 0 Å². The largest absolute Gasteiger partial charge is 0.495 e. The Kier molecular flexibility index (Phi) is 6.13. The van der Waals surface area contributed by atoms with E-state index in [4.69, 9.17) is 45.3 Å². The lowest BCUT2D eigenvalue weighted by molar-refractivity contribution is 0.0987. The van der Waals surface area contributed by atoms with Crippen LogP contribution >= 0.6 is 34.8 Å². The van der Waals surface area contributed by atoms with Crippen molar-refractivity contribution < 1.29 is 9.53 Å². The Labute approximate surface area is 149 Å². The summed E-state index contributed by atoms with van der Waals surface area (Å²) in [4.78, 5) is 14.3. The van der Waals surface area contributed by atoms with Crippen LogP contribution in [0.2, 0.25) is 15.1 Å². The molecule has 0 aliphatic rings. The quantitative estimate of drug-likeness (QED) is 0.852. The Morgan fingerprint density at radius 3 is 2.48 bits per heavy atom. The van der Waals surface area contributed by atoms with Crippen LogP contribution in [-0.2, 0) is 0 Å². The molecule has 0 atom stereocenters. The van der Waals surface area contributed by atoms with Gasteiger partial charge in [-0.3, -0.25) is 4.79 Å². The molecule has 1 amide bonds. The van der Waals surface area contributed by atoms with E-state index in [-0.39, 0.29) is 10.9 Å². The Morgan fingerprint density at radius 2 is 1.87 bits per heavy atom. The van der Waals surface area contributed by atoms with Crippen molar-refractivity contribution in [3.05, 3.63) is 57.0 Å². The number of anilines is 1. The number of benzene rings is 2. The Hall–Kier alpha value is -1.46. The number of carbonyl (C=O) groups is 1. The van der Waals surface area contributed by atoms with Crippen molar-refractivity contribution in [2.24, 2.45) is 5.73 Å². The number of halogens is 3. The number of amides is 1. The number of nitrogens with zero attached hydrogens (tertiary/aromatic N) is 1. The van der Waals surface area contributed by atoms with Crippen LogP contribution in [0.4, 0.5) is 5.69 Å². The second-order valence-electron chi connectivity index (χ2n) is 4.69.